The van der Waals surface area contributed by atoms with Crippen molar-refractivity contribution in [3.63, 3.8) is 0 Å². The third kappa shape index (κ3) is 2.84. The van der Waals surface area contributed by atoms with Crippen LogP contribution in [-0.4, -0.2) is 42.5 Å². The molecule has 0 radical (unpaired) electrons. The maximum Gasteiger partial charge on any atom is 0.354 e. The van der Waals surface area contributed by atoms with E-state index in [1.807, 2.05) is 0 Å². The summed E-state index contributed by atoms with van der Waals surface area (Å²) in [5.41, 5.74) is -0.111. The zero-order valence-electron chi connectivity index (χ0n) is 16.0. The number of benzene rings is 2. The van der Waals surface area contributed by atoms with Gasteiger partial charge in [0.2, 0.25) is 11.6 Å². The summed E-state index contributed by atoms with van der Waals surface area (Å²) < 4.78 is 10.9. The molecule has 2 aromatic rings. The van der Waals surface area contributed by atoms with E-state index in [0.29, 0.717) is 27.6 Å². The van der Waals surface area contributed by atoms with Crippen LogP contribution in [0.3, 0.4) is 0 Å². The summed E-state index contributed by atoms with van der Waals surface area (Å²) in [7, 11) is 3.03. The van der Waals surface area contributed by atoms with E-state index in [0.717, 1.165) is 0 Å². The van der Waals surface area contributed by atoms with Gasteiger partial charge in [0, 0.05) is 30.5 Å². The van der Waals surface area contributed by atoms with Crippen molar-refractivity contribution in [2.45, 2.75) is 25.1 Å². The molecule has 0 bridgehead atoms. The molecule has 1 saturated heterocycles. The monoisotopic (exact) mass is 414 g/mol. The number of ether oxygens (including phenoxy) is 2. The molecule has 2 aliphatic rings. The van der Waals surface area contributed by atoms with Crippen LogP contribution in [0.1, 0.15) is 28.8 Å². The summed E-state index contributed by atoms with van der Waals surface area (Å²) in [4.78, 5) is 41.6. The molecule has 8 heteroatoms. The highest BCUT2D eigenvalue weighted by Gasteiger charge is 2.60. The molecule has 1 atom stereocenters. The first-order chi connectivity index (χ1) is 13.9. The summed E-state index contributed by atoms with van der Waals surface area (Å²) in [6.07, 6.45) is 0.301. The Labute approximate surface area is 172 Å². The molecule has 7 nitrogen and oxygen atoms in total. The molecule has 2 aromatic carbocycles. The number of likely N-dealkylation sites (N-methyl/N-ethyl adjacent to an activating group) is 1. The Morgan fingerprint density at radius 1 is 1.21 bits per heavy atom. The van der Waals surface area contributed by atoms with Crippen LogP contribution in [-0.2, 0) is 20.9 Å². The highest BCUT2D eigenvalue weighted by Crippen LogP contribution is 2.44. The number of fused-ring (bicyclic) bond motifs is 3. The quantitative estimate of drug-likeness (QED) is 0.719. The highest BCUT2D eigenvalue weighted by atomic mass is 35.5. The van der Waals surface area contributed by atoms with Gasteiger partial charge in [0.1, 0.15) is 12.4 Å². The highest BCUT2D eigenvalue weighted by molar-refractivity contribution is 6.30. The Bertz CT molecular complexity index is 1020. The first kappa shape index (κ1) is 19.3. The molecule has 0 unspecified atom stereocenters. The molecular weight excluding hydrogens is 396 g/mol. The number of hydrogen-bond donors (Lipinski definition) is 0. The number of carbonyl (C=O) groups excluding carboxylic acids is 3. The normalized spacial score (nSPS) is 20.4. The summed E-state index contributed by atoms with van der Waals surface area (Å²) in [5.74, 6) is -0.703. The molecule has 2 heterocycles. The van der Waals surface area contributed by atoms with E-state index in [1.54, 1.807) is 42.5 Å². The second-order valence-corrected chi connectivity index (χ2v) is 7.40. The van der Waals surface area contributed by atoms with Crippen molar-refractivity contribution in [3.8, 4) is 5.75 Å². The molecule has 4 rings (SSSR count). The van der Waals surface area contributed by atoms with E-state index in [1.165, 1.54) is 24.0 Å². The molecule has 2 amide bonds. The van der Waals surface area contributed by atoms with Crippen molar-refractivity contribution < 1.29 is 23.9 Å². The van der Waals surface area contributed by atoms with Gasteiger partial charge in [-0.15, -0.1) is 0 Å². The van der Waals surface area contributed by atoms with Crippen LogP contribution in [0.25, 0.3) is 0 Å². The number of halogens is 1. The number of rotatable bonds is 4. The standard InChI is InChI=1S/C21H19ClN2O5/c1-23-19(26)15-5-3-4-6-16(15)24-18(25)9-10-21(23,24)20(27)29-12-13-11-14(22)7-8-17(13)28-2/h3-8,11H,9-10,12H2,1-2H3/t21-/m1/s1. The summed E-state index contributed by atoms with van der Waals surface area (Å²) in [6, 6.07) is 11.8. The lowest BCUT2D eigenvalue weighted by atomic mass is 9.97. The minimum Gasteiger partial charge on any atom is -0.496 e. The van der Waals surface area contributed by atoms with Gasteiger partial charge in [0.05, 0.1) is 18.4 Å². The molecule has 0 aromatic heterocycles. The second kappa shape index (κ2) is 7.08. The van der Waals surface area contributed by atoms with Crippen LogP contribution < -0.4 is 9.64 Å². The Morgan fingerprint density at radius 3 is 2.72 bits per heavy atom. The topological polar surface area (TPSA) is 76.1 Å². The van der Waals surface area contributed by atoms with Crippen LogP contribution in [0.2, 0.25) is 5.02 Å². The van der Waals surface area contributed by atoms with Gasteiger partial charge in [-0.25, -0.2) is 4.79 Å². The number of nitrogens with zero attached hydrogens (tertiary/aromatic N) is 2. The van der Waals surface area contributed by atoms with Crippen molar-refractivity contribution in [1.82, 2.24) is 4.90 Å². The van der Waals surface area contributed by atoms with Gasteiger partial charge >= 0.3 is 5.97 Å². The first-order valence-electron chi connectivity index (χ1n) is 9.10. The van der Waals surface area contributed by atoms with Gasteiger partial charge in [-0.3, -0.25) is 14.5 Å². The van der Waals surface area contributed by atoms with E-state index >= 15 is 0 Å². The molecule has 0 saturated carbocycles. The van der Waals surface area contributed by atoms with Crippen molar-refractivity contribution >= 4 is 35.1 Å². The third-order valence-corrected chi connectivity index (χ3v) is 5.70. The number of para-hydroxylation sites is 1. The van der Waals surface area contributed by atoms with Crippen molar-refractivity contribution in [2.24, 2.45) is 0 Å². The zero-order valence-corrected chi connectivity index (χ0v) is 16.7. The fourth-order valence-electron chi connectivity index (χ4n) is 4.01. The summed E-state index contributed by atoms with van der Waals surface area (Å²) >= 11 is 6.04. The maximum absolute atomic E-state index is 13.3. The fraction of sp³-hybridized carbons (Fsp3) is 0.286. The lowest BCUT2D eigenvalue weighted by molar-refractivity contribution is -0.157. The second-order valence-electron chi connectivity index (χ2n) is 6.96. The Morgan fingerprint density at radius 2 is 1.97 bits per heavy atom. The predicted molar refractivity (Wildman–Crippen MR) is 106 cm³/mol. The van der Waals surface area contributed by atoms with Crippen LogP contribution in [0.4, 0.5) is 5.69 Å². The average molecular weight is 415 g/mol. The van der Waals surface area contributed by atoms with E-state index < -0.39 is 11.6 Å². The molecule has 0 aliphatic carbocycles. The fourth-order valence-corrected chi connectivity index (χ4v) is 4.20. The lowest BCUT2D eigenvalue weighted by Gasteiger charge is -2.46. The average Bonchev–Trinajstić information content (AvgIpc) is 3.09. The molecule has 150 valence electrons. The lowest BCUT2D eigenvalue weighted by Crippen LogP contribution is -2.67. The van der Waals surface area contributed by atoms with Gasteiger partial charge in [-0.05, 0) is 30.3 Å². The maximum atomic E-state index is 13.3. The molecular formula is C21H19ClN2O5. The first-order valence-corrected chi connectivity index (χ1v) is 9.48. The molecule has 2 aliphatic heterocycles. The number of carbonyl (C=O) groups is 3. The van der Waals surface area contributed by atoms with Gasteiger partial charge in [-0.2, -0.15) is 0 Å². The van der Waals surface area contributed by atoms with Crippen LogP contribution in [0, 0.1) is 0 Å². The van der Waals surface area contributed by atoms with Crippen LogP contribution >= 0.6 is 11.6 Å². The largest absolute Gasteiger partial charge is 0.496 e. The van der Waals surface area contributed by atoms with Crippen LogP contribution in [0.5, 0.6) is 5.75 Å². The van der Waals surface area contributed by atoms with Crippen LogP contribution in [0.15, 0.2) is 42.5 Å². The number of amides is 2. The van der Waals surface area contributed by atoms with Gasteiger partial charge in [0.15, 0.2) is 0 Å². The van der Waals surface area contributed by atoms with E-state index in [4.69, 9.17) is 21.1 Å². The van der Waals surface area contributed by atoms with E-state index in [-0.39, 0.29) is 31.3 Å². The number of hydrogen-bond acceptors (Lipinski definition) is 5. The third-order valence-electron chi connectivity index (χ3n) is 5.47. The molecule has 1 fully saturated rings. The molecule has 29 heavy (non-hydrogen) atoms. The number of esters is 1. The van der Waals surface area contributed by atoms with Gasteiger partial charge < -0.3 is 14.4 Å². The number of anilines is 1. The minimum absolute atomic E-state index is 0.101. The summed E-state index contributed by atoms with van der Waals surface area (Å²) in [5, 5.41) is 0.478. The molecule has 0 N–H and O–H groups in total. The van der Waals surface area contributed by atoms with Crippen molar-refractivity contribution in [1.29, 1.82) is 0 Å². The number of methoxy groups -OCH3 is 1. The van der Waals surface area contributed by atoms with Crippen molar-refractivity contribution in [2.75, 3.05) is 19.1 Å². The van der Waals surface area contributed by atoms with Gasteiger partial charge in [0.25, 0.3) is 5.91 Å². The zero-order chi connectivity index (χ0) is 20.8. The Kier molecular flexibility index (Phi) is 4.70. The SMILES string of the molecule is COc1ccc(Cl)cc1COC(=O)[C@@]12CCC(=O)N1c1ccccc1C(=O)N2C. The van der Waals surface area contributed by atoms with Crippen molar-refractivity contribution in [3.05, 3.63) is 58.6 Å². The molecule has 0 spiro atoms. The Hall–Kier alpha value is -3.06. The van der Waals surface area contributed by atoms with E-state index in [2.05, 4.69) is 0 Å². The minimum atomic E-state index is -1.51. The Balaban J connectivity index is 1.69. The smallest absolute Gasteiger partial charge is 0.354 e. The predicted octanol–water partition coefficient (Wildman–Crippen LogP) is 3.00. The summed E-state index contributed by atoms with van der Waals surface area (Å²) in [6.45, 7) is -0.101. The van der Waals surface area contributed by atoms with Gasteiger partial charge in [-0.1, -0.05) is 23.7 Å². The van der Waals surface area contributed by atoms with E-state index in [9.17, 15) is 14.4 Å².